The van der Waals surface area contributed by atoms with E-state index in [1.54, 1.807) is 0 Å². The highest BCUT2D eigenvalue weighted by molar-refractivity contribution is 6.32. The molecule has 5 heteroatoms. The van der Waals surface area contributed by atoms with Crippen LogP contribution >= 0.6 is 11.6 Å². The maximum Gasteiger partial charge on any atom is 0.167 e. The van der Waals surface area contributed by atoms with Gasteiger partial charge in [0.2, 0.25) is 0 Å². The van der Waals surface area contributed by atoms with Crippen LogP contribution in [0.4, 0.5) is 8.78 Å². The number of rotatable bonds is 4. The molecule has 0 aliphatic carbocycles. The molecule has 0 spiro atoms. The summed E-state index contributed by atoms with van der Waals surface area (Å²) in [6.07, 6.45) is -0.360. The van der Waals surface area contributed by atoms with Gasteiger partial charge >= 0.3 is 0 Å². The van der Waals surface area contributed by atoms with E-state index in [0.717, 1.165) is 12.1 Å². The van der Waals surface area contributed by atoms with E-state index in [9.17, 15) is 13.6 Å². The second kappa shape index (κ2) is 6.01. The Morgan fingerprint density at radius 3 is 2.40 bits per heavy atom. The lowest BCUT2D eigenvalue weighted by Gasteiger charge is -2.07. The minimum atomic E-state index is -0.738. The number of methoxy groups -OCH3 is 1. The molecule has 0 aromatic heterocycles. The summed E-state index contributed by atoms with van der Waals surface area (Å²) in [4.78, 5) is 12.0. The van der Waals surface area contributed by atoms with E-state index >= 15 is 0 Å². The Labute approximate surface area is 119 Å². The van der Waals surface area contributed by atoms with E-state index in [-0.39, 0.29) is 22.6 Å². The fraction of sp³-hybridized carbons (Fsp3) is 0.133. The van der Waals surface area contributed by atoms with Gasteiger partial charge in [-0.2, -0.15) is 0 Å². The average molecular weight is 297 g/mol. The fourth-order valence-corrected chi connectivity index (χ4v) is 2.06. The first-order chi connectivity index (χ1) is 9.52. The zero-order valence-corrected chi connectivity index (χ0v) is 11.4. The number of hydrogen-bond donors (Lipinski definition) is 0. The van der Waals surface area contributed by atoms with Crippen molar-refractivity contribution in [1.29, 1.82) is 0 Å². The first kappa shape index (κ1) is 14.5. The Bertz CT molecular complexity index is 636. The van der Waals surface area contributed by atoms with Crippen molar-refractivity contribution in [3.63, 3.8) is 0 Å². The van der Waals surface area contributed by atoms with Gasteiger partial charge in [0, 0.05) is 17.5 Å². The van der Waals surface area contributed by atoms with Crippen molar-refractivity contribution in [3.05, 3.63) is 64.2 Å². The monoisotopic (exact) mass is 296 g/mol. The Morgan fingerprint density at radius 2 is 1.85 bits per heavy atom. The van der Waals surface area contributed by atoms with Crippen LogP contribution in [0.25, 0.3) is 0 Å². The van der Waals surface area contributed by atoms with Crippen molar-refractivity contribution in [2.45, 2.75) is 6.42 Å². The Hall–Kier alpha value is -1.94. The largest absolute Gasteiger partial charge is 0.495 e. The molecule has 0 N–H and O–H groups in total. The maximum absolute atomic E-state index is 13.5. The lowest BCUT2D eigenvalue weighted by atomic mass is 10.0. The molecule has 0 saturated carbocycles. The van der Waals surface area contributed by atoms with Gasteiger partial charge in [0.1, 0.15) is 17.4 Å². The van der Waals surface area contributed by atoms with Crippen LogP contribution in [0, 0.1) is 11.6 Å². The van der Waals surface area contributed by atoms with Crippen molar-refractivity contribution in [2.24, 2.45) is 0 Å². The van der Waals surface area contributed by atoms with Crippen molar-refractivity contribution in [3.8, 4) is 5.75 Å². The number of benzene rings is 2. The van der Waals surface area contributed by atoms with Crippen molar-refractivity contribution >= 4 is 17.4 Å². The Morgan fingerprint density at radius 1 is 1.20 bits per heavy atom. The predicted octanol–water partition coefficient (Wildman–Crippen LogP) is 4.05. The van der Waals surface area contributed by atoms with Crippen molar-refractivity contribution in [1.82, 2.24) is 0 Å². The Kier molecular flexibility index (Phi) is 4.35. The third kappa shape index (κ3) is 2.96. The summed E-state index contributed by atoms with van der Waals surface area (Å²) in [6, 6.07) is 7.95. The third-order valence-corrected chi connectivity index (χ3v) is 3.17. The summed E-state index contributed by atoms with van der Waals surface area (Å²) >= 11 is 5.91. The van der Waals surface area contributed by atoms with Gasteiger partial charge in [-0.1, -0.05) is 17.7 Å². The summed E-state index contributed by atoms with van der Waals surface area (Å²) in [7, 11) is 1.46. The van der Waals surface area contributed by atoms with E-state index in [0.29, 0.717) is 5.75 Å². The van der Waals surface area contributed by atoms with Crippen LogP contribution < -0.4 is 4.74 Å². The van der Waals surface area contributed by atoms with E-state index in [2.05, 4.69) is 0 Å². The average Bonchev–Trinajstić information content (AvgIpc) is 2.42. The summed E-state index contributed by atoms with van der Waals surface area (Å²) < 4.78 is 31.9. The molecule has 0 radical (unpaired) electrons. The minimum Gasteiger partial charge on any atom is -0.495 e. The van der Waals surface area contributed by atoms with Crippen LogP contribution in [0.1, 0.15) is 15.9 Å². The number of ketones is 1. The quantitative estimate of drug-likeness (QED) is 0.796. The van der Waals surface area contributed by atoms with Crippen LogP contribution in [-0.4, -0.2) is 12.9 Å². The SMILES string of the molecule is COc1ccc(C(=O)Cc2c(F)cccc2F)cc1Cl. The molecule has 0 saturated heterocycles. The van der Waals surface area contributed by atoms with Gasteiger partial charge in [-0.05, 0) is 30.3 Å². The fourth-order valence-electron chi connectivity index (χ4n) is 1.80. The number of carbonyl (C=O) groups excluding carboxylic acids is 1. The van der Waals surface area contributed by atoms with Crippen LogP contribution in [0.5, 0.6) is 5.75 Å². The summed E-state index contributed by atoms with van der Waals surface area (Å²) in [5, 5.41) is 0.271. The molecule has 0 unspecified atom stereocenters. The summed E-state index contributed by atoms with van der Waals surface area (Å²) in [5.74, 6) is -1.46. The summed E-state index contributed by atoms with van der Waals surface area (Å²) in [5.41, 5.74) is 0.0305. The van der Waals surface area contributed by atoms with Crippen LogP contribution in [0.3, 0.4) is 0 Å². The molecule has 0 aliphatic rings. The van der Waals surface area contributed by atoms with Gasteiger partial charge < -0.3 is 4.74 Å². The third-order valence-electron chi connectivity index (χ3n) is 2.87. The molecule has 0 bridgehead atoms. The van der Waals surface area contributed by atoms with Crippen LogP contribution in [-0.2, 0) is 6.42 Å². The van der Waals surface area contributed by atoms with Gasteiger partial charge in [0.05, 0.1) is 12.1 Å². The van der Waals surface area contributed by atoms with Crippen LogP contribution in [0.15, 0.2) is 36.4 Å². The molecule has 2 nitrogen and oxygen atoms in total. The zero-order chi connectivity index (χ0) is 14.7. The van der Waals surface area contributed by atoms with E-state index < -0.39 is 17.4 Å². The summed E-state index contributed by atoms with van der Waals surface area (Å²) in [6.45, 7) is 0. The molecule has 2 aromatic rings. The highest BCUT2D eigenvalue weighted by Crippen LogP contribution is 2.26. The van der Waals surface area contributed by atoms with Gasteiger partial charge in [0.15, 0.2) is 5.78 Å². The second-order valence-corrected chi connectivity index (χ2v) is 4.56. The van der Waals surface area contributed by atoms with Gasteiger partial charge in [-0.3, -0.25) is 4.79 Å². The topological polar surface area (TPSA) is 26.3 Å². The number of hydrogen-bond acceptors (Lipinski definition) is 2. The first-order valence-electron chi connectivity index (χ1n) is 5.82. The molecular weight excluding hydrogens is 286 g/mol. The van der Waals surface area contributed by atoms with E-state index in [1.807, 2.05) is 0 Å². The van der Waals surface area contributed by atoms with Crippen LogP contribution in [0.2, 0.25) is 5.02 Å². The number of halogens is 3. The minimum absolute atomic E-state index is 0.246. The first-order valence-corrected chi connectivity index (χ1v) is 6.20. The lowest BCUT2D eigenvalue weighted by Crippen LogP contribution is -2.07. The van der Waals surface area contributed by atoms with E-state index in [1.165, 1.54) is 31.4 Å². The standard InChI is InChI=1S/C15H11ClF2O2/c1-20-15-6-5-9(7-11(15)16)14(19)8-10-12(17)3-2-4-13(10)18/h2-7H,8H2,1H3. The van der Waals surface area contributed by atoms with Crippen molar-refractivity contribution < 1.29 is 18.3 Å². The molecule has 0 heterocycles. The molecule has 0 fully saturated rings. The Balaban J connectivity index is 2.26. The number of carbonyl (C=O) groups is 1. The zero-order valence-electron chi connectivity index (χ0n) is 10.6. The second-order valence-electron chi connectivity index (χ2n) is 4.15. The molecule has 0 aliphatic heterocycles. The molecular formula is C15H11ClF2O2. The van der Waals surface area contributed by atoms with Gasteiger partial charge in [0.25, 0.3) is 0 Å². The van der Waals surface area contributed by atoms with Crippen molar-refractivity contribution in [2.75, 3.05) is 7.11 Å². The normalized spacial score (nSPS) is 10.4. The number of ether oxygens (including phenoxy) is 1. The molecule has 0 amide bonds. The molecule has 2 aromatic carbocycles. The molecule has 2 rings (SSSR count). The van der Waals surface area contributed by atoms with Gasteiger partial charge in [-0.15, -0.1) is 0 Å². The number of Topliss-reactive ketones (excluding diaryl/α,β-unsaturated/α-hetero) is 1. The molecule has 20 heavy (non-hydrogen) atoms. The molecule has 104 valence electrons. The predicted molar refractivity (Wildman–Crippen MR) is 72.4 cm³/mol. The lowest BCUT2D eigenvalue weighted by molar-refractivity contribution is 0.0990. The molecule has 0 atom stereocenters. The highest BCUT2D eigenvalue weighted by Gasteiger charge is 2.15. The highest BCUT2D eigenvalue weighted by atomic mass is 35.5. The smallest absolute Gasteiger partial charge is 0.167 e. The maximum atomic E-state index is 13.5. The van der Waals surface area contributed by atoms with E-state index in [4.69, 9.17) is 16.3 Å². The van der Waals surface area contributed by atoms with Gasteiger partial charge in [-0.25, -0.2) is 8.78 Å².